The summed E-state index contributed by atoms with van der Waals surface area (Å²) in [6.45, 7) is 2.35. The highest BCUT2D eigenvalue weighted by molar-refractivity contribution is 7.79. The summed E-state index contributed by atoms with van der Waals surface area (Å²) in [5.74, 6) is 0. The molecule has 0 aliphatic rings. The largest absolute Gasteiger partial charge is 0.287 e. The van der Waals surface area contributed by atoms with E-state index in [4.69, 9.17) is 0 Å². The molecule has 2 heterocycles. The Hall–Kier alpha value is -3.65. The Balaban J connectivity index is 1.52. The fourth-order valence-electron chi connectivity index (χ4n) is 4.29. The third-order valence-corrected chi connectivity index (χ3v) is 8.43. The van der Waals surface area contributed by atoms with Crippen molar-refractivity contribution in [2.45, 2.75) is 19.6 Å². The normalized spacial score (nSPS) is 11.1. The fourth-order valence-corrected chi connectivity index (χ4v) is 6.76. The van der Waals surface area contributed by atoms with E-state index < -0.39 is 7.92 Å². The van der Waals surface area contributed by atoms with Crippen LogP contribution in [0.2, 0.25) is 0 Å². The summed E-state index contributed by atoms with van der Waals surface area (Å²) in [7, 11) is -0.674. The van der Waals surface area contributed by atoms with E-state index in [-0.39, 0.29) is 0 Å². The molecule has 3 aromatic carbocycles. The lowest BCUT2D eigenvalue weighted by Crippen LogP contribution is -2.29. The lowest BCUT2D eigenvalue weighted by atomic mass is 10.2. The van der Waals surface area contributed by atoms with Gasteiger partial charge in [0.1, 0.15) is 0 Å². The Morgan fingerprint density at radius 2 is 0.971 bits per heavy atom. The monoisotopic (exact) mass is 473 g/mol. The highest BCUT2D eigenvalue weighted by Crippen LogP contribution is 2.34. The van der Waals surface area contributed by atoms with Crippen LogP contribution in [0.3, 0.4) is 0 Å². The molecule has 4 heteroatoms. The van der Waals surface area contributed by atoms with Crippen LogP contribution in [0.25, 0.3) is 0 Å². The van der Waals surface area contributed by atoms with E-state index in [0.717, 1.165) is 31.0 Å². The molecule has 0 aliphatic heterocycles. The molecule has 172 valence electrons. The van der Waals surface area contributed by atoms with Crippen LogP contribution in [0.4, 0.5) is 0 Å². The van der Waals surface area contributed by atoms with Crippen LogP contribution in [-0.2, 0) is 19.6 Å². The molecule has 0 atom stereocenters. The molecule has 3 nitrogen and oxygen atoms in total. The molecule has 0 saturated carbocycles. The van der Waals surface area contributed by atoms with E-state index in [0.29, 0.717) is 0 Å². The van der Waals surface area contributed by atoms with E-state index >= 15 is 0 Å². The van der Waals surface area contributed by atoms with E-state index in [1.807, 2.05) is 24.5 Å². The van der Waals surface area contributed by atoms with Crippen LogP contribution in [-0.4, -0.2) is 14.9 Å². The minimum Gasteiger partial charge on any atom is -0.287 e. The van der Waals surface area contributed by atoms with Crippen molar-refractivity contribution < 1.29 is 0 Å². The summed E-state index contributed by atoms with van der Waals surface area (Å²) in [5.41, 5.74) is 3.47. The van der Waals surface area contributed by atoms with Crippen molar-refractivity contribution >= 4 is 23.8 Å². The average Bonchev–Trinajstić information content (AvgIpc) is 2.92. The first-order valence-electron chi connectivity index (χ1n) is 11.9. The van der Waals surface area contributed by atoms with E-state index in [9.17, 15) is 0 Å². The quantitative estimate of drug-likeness (QED) is 0.267. The van der Waals surface area contributed by atoms with Gasteiger partial charge < -0.3 is 0 Å². The zero-order valence-corrected chi connectivity index (χ0v) is 20.5. The molecule has 0 fully saturated rings. The van der Waals surface area contributed by atoms with E-state index in [1.54, 1.807) is 0 Å². The summed E-state index contributed by atoms with van der Waals surface area (Å²) in [6, 6.07) is 42.9. The second kappa shape index (κ2) is 11.7. The third-order valence-electron chi connectivity index (χ3n) is 5.88. The van der Waals surface area contributed by atoms with Gasteiger partial charge in [-0.1, -0.05) is 97.1 Å². The first-order valence-corrected chi connectivity index (χ1v) is 13.2. The standard InChI is InChI=1S/C31H28N3P/c1-3-16-29(17-4-1)35(30-18-5-2-6-19-30)31-20-8-7-13-26(31)23-34(24-27-14-9-11-21-32-27)25-28-15-10-12-22-33-28/h1-22H,23-25H2. The maximum absolute atomic E-state index is 4.60. The molecule has 0 bridgehead atoms. The number of benzene rings is 3. The topological polar surface area (TPSA) is 29.0 Å². The summed E-state index contributed by atoms with van der Waals surface area (Å²) in [6.07, 6.45) is 3.73. The second-order valence-corrected chi connectivity index (χ2v) is 10.6. The minimum absolute atomic E-state index is 0.674. The Bertz CT molecular complexity index is 1230. The van der Waals surface area contributed by atoms with Gasteiger partial charge in [-0.15, -0.1) is 0 Å². The number of hydrogen-bond acceptors (Lipinski definition) is 3. The highest BCUT2D eigenvalue weighted by atomic mass is 31.1. The van der Waals surface area contributed by atoms with Gasteiger partial charge in [-0.25, -0.2) is 0 Å². The van der Waals surface area contributed by atoms with Crippen LogP contribution < -0.4 is 15.9 Å². The van der Waals surface area contributed by atoms with Crippen LogP contribution >= 0.6 is 7.92 Å². The Morgan fingerprint density at radius 3 is 1.49 bits per heavy atom. The van der Waals surface area contributed by atoms with Gasteiger partial charge in [0, 0.05) is 32.0 Å². The van der Waals surface area contributed by atoms with Crippen LogP contribution in [0.5, 0.6) is 0 Å². The first-order chi connectivity index (χ1) is 17.4. The Morgan fingerprint density at radius 1 is 0.486 bits per heavy atom. The number of aromatic nitrogens is 2. The highest BCUT2D eigenvalue weighted by Gasteiger charge is 2.20. The Kier molecular flexibility index (Phi) is 7.70. The molecular weight excluding hydrogens is 445 g/mol. The van der Waals surface area contributed by atoms with Gasteiger partial charge in [-0.3, -0.25) is 14.9 Å². The zero-order chi connectivity index (χ0) is 23.7. The van der Waals surface area contributed by atoms with E-state index in [2.05, 4.69) is 124 Å². The van der Waals surface area contributed by atoms with Crippen molar-refractivity contribution in [2.75, 3.05) is 0 Å². The molecule has 0 aliphatic carbocycles. The van der Waals surface area contributed by atoms with Crippen molar-refractivity contribution in [1.82, 2.24) is 14.9 Å². The molecule has 5 rings (SSSR count). The van der Waals surface area contributed by atoms with Gasteiger partial charge in [-0.05, 0) is 53.7 Å². The van der Waals surface area contributed by atoms with Crippen molar-refractivity contribution in [3.63, 3.8) is 0 Å². The van der Waals surface area contributed by atoms with Crippen molar-refractivity contribution in [1.29, 1.82) is 0 Å². The molecule has 2 aromatic heterocycles. The van der Waals surface area contributed by atoms with Gasteiger partial charge in [0.05, 0.1) is 11.4 Å². The lowest BCUT2D eigenvalue weighted by Gasteiger charge is -2.26. The summed E-state index contributed by atoms with van der Waals surface area (Å²) in [5, 5.41) is 4.12. The Labute approximate surface area is 208 Å². The predicted octanol–water partition coefficient (Wildman–Crippen LogP) is 5.44. The number of rotatable bonds is 9. The second-order valence-electron chi connectivity index (χ2n) is 8.42. The summed E-state index contributed by atoms with van der Waals surface area (Å²) < 4.78 is 0. The molecule has 5 aromatic rings. The molecule has 35 heavy (non-hydrogen) atoms. The summed E-state index contributed by atoms with van der Waals surface area (Å²) >= 11 is 0. The smallest absolute Gasteiger partial charge is 0.0544 e. The first kappa shape index (κ1) is 23.1. The molecule has 0 saturated heterocycles. The fraction of sp³-hybridized carbons (Fsp3) is 0.0968. The van der Waals surface area contributed by atoms with Gasteiger partial charge in [-0.2, -0.15) is 0 Å². The molecule has 0 radical (unpaired) electrons. The third kappa shape index (κ3) is 6.08. The number of pyridine rings is 2. The predicted molar refractivity (Wildman–Crippen MR) is 147 cm³/mol. The molecule has 0 unspecified atom stereocenters. The van der Waals surface area contributed by atoms with Crippen molar-refractivity contribution in [2.24, 2.45) is 0 Å². The molecular formula is C31H28N3P. The number of nitrogens with zero attached hydrogens (tertiary/aromatic N) is 3. The van der Waals surface area contributed by atoms with E-state index in [1.165, 1.54) is 21.5 Å². The van der Waals surface area contributed by atoms with Gasteiger partial charge >= 0.3 is 0 Å². The SMILES string of the molecule is c1ccc(P(c2ccccc2)c2ccccc2CN(Cc2ccccn2)Cc2ccccn2)cc1. The molecule has 0 spiro atoms. The minimum atomic E-state index is -0.674. The van der Waals surface area contributed by atoms with Gasteiger partial charge in [0.15, 0.2) is 0 Å². The summed E-state index contributed by atoms with van der Waals surface area (Å²) in [4.78, 5) is 11.6. The lowest BCUT2D eigenvalue weighted by molar-refractivity contribution is 0.242. The van der Waals surface area contributed by atoms with Gasteiger partial charge in [0.2, 0.25) is 0 Å². The average molecular weight is 474 g/mol. The molecule has 0 amide bonds. The zero-order valence-electron chi connectivity index (χ0n) is 19.6. The van der Waals surface area contributed by atoms with Crippen molar-refractivity contribution in [3.05, 3.63) is 151 Å². The van der Waals surface area contributed by atoms with Gasteiger partial charge in [0.25, 0.3) is 0 Å². The van der Waals surface area contributed by atoms with Crippen LogP contribution in [0.1, 0.15) is 17.0 Å². The molecule has 0 N–H and O–H groups in total. The number of hydrogen-bond donors (Lipinski definition) is 0. The van der Waals surface area contributed by atoms with Crippen LogP contribution in [0, 0.1) is 0 Å². The van der Waals surface area contributed by atoms with Crippen molar-refractivity contribution in [3.8, 4) is 0 Å². The maximum atomic E-state index is 4.60. The maximum Gasteiger partial charge on any atom is 0.0544 e. The van der Waals surface area contributed by atoms with Crippen LogP contribution in [0.15, 0.2) is 134 Å².